The van der Waals surface area contributed by atoms with Crippen molar-refractivity contribution >= 4 is 11.6 Å². The molecule has 1 saturated heterocycles. The van der Waals surface area contributed by atoms with Gasteiger partial charge in [0, 0.05) is 41.7 Å². The molecule has 4 aromatic rings. The standard InChI is InChI=1S/C29H24F2N4O2/c1-18-14-21-15-19(2-11-26(21)32-18)12-13-34-27(36)17-37-29(34)25-16-35(24-9-7-23(31)8-10-24)33-28(25)20-3-5-22(30)6-4-20/h2-11,15-16,29,32H,1,12-14,17H2/t29-/m1/s1. The molecule has 1 atom stereocenters. The number of hydrogen-bond donors (Lipinski definition) is 1. The number of nitrogens with zero attached hydrogens (tertiary/aromatic N) is 3. The van der Waals surface area contributed by atoms with Crippen molar-refractivity contribution in [3.63, 3.8) is 0 Å². The molecule has 0 aliphatic carbocycles. The van der Waals surface area contributed by atoms with Crippen LogP contribution in [0.5, 0.6) is 0 Å². The molecule has 0 radical (unpaired) electrons. The highest BCUT2D eigenvalue weighted by Gasteiger charge is 2.36. The zero-order valence-electron chi connectivity index (χ0n) is 20.0. The monoisotopic (exact) mass is 498 g/mol. The fourth-order valence-electron chi connectivity index (χ4n) is 4.86. The van der Waals surface area contributed by atoms with Crippen LogP contribution in [0.2, 0.25) is 0 Å². The van der Waals surface area contributed by atoms with Crippen molar-refractivity contribution < 1.29 is 18.3 Å². The highest BCUT2D eigenvalue weighted by Crippen LogP contribution is 2.36. The predicted octanol–water partition coefficient (Wildman–Crippen LogP) is 5.40. The van der Waals surface area contributed by atoms with Crippen molar-refractivity contribution in [3.8, 4) is 16.9 Å². The number of anilines is 1. The number of hydrogen-bond acceptors (Lipinski definition) is 4. The number of benzene rings is 3. The van der Waals surface area contributed by atoms with Gasteiger partial charge in [-0.25, -0.2) is 13.5 Å². The van der Waals surface area contributed by atoms with E-state index in [4.69, 9.17) is 9.84 Å². The number of amides is 1. The van der Waals surface area contributed by atoms with E-state index in [2.05, 4.69) is 24.0 Å². The second-order valence-corrected chi connectivity index (χ2v) is 9.26. The molecule has 8 heteroatoms. The number of carbonyl (C=O) groups is 1. The molecule has 1 aromatic heterocycles. The fourth-order valence-corrected chi connectivity index (χ4v) is 4.86. The molecular weight excluding hydrogens is 474 g/mol. The molecule has 1 fully saturated rings. The molecule has 2 aliphatic rings. The summed E-state index contributed by atoms with van der Waals surface area (Å²) < 4.78 is 34.7. The maximum Gasteiger partial charge on any atom is 0.250 e. The number of nitrogens with one attached hydrogen (secondary N) is 1. The zero-order valence-corrected chi connectivity index (χ0v) is 20.0. The molecule has 0 bridgehead atoms. The van der Waals surface area contributed by atoms with Crippen LogP contribution in [0.25, 0.3) is 16.9 Å². The molecule has 0 saturated carbocycles. The first kappa shape index (κ1) is 23.1. The van der Waals surface area contributed by atoms with Gasteiger partial charge in [0.25, 0.3) is 5.91 Å². The van der Waals surface area contributed by atoms with Crippen LogP contribution in [-0.2, 0) is 22.4 Å². The number of carbonyl (C=O) groups excluding carboxylic acids is 1. The third-order valence-electron chi connectivity index (χ3n) is 6.71. The Kier molecular flexibility index (Phi) is 5.81. The van der Waals surface area contributed by atoms with E-state index in [1.807, 2.05) is 6.07 Å². The lowest BCUT2D eigenvalue weighted by Gasteiger charge is -2.23. The van der Waals surface area contributed by atoms with Crippen molar-refractivity contribution in [2.24, 2.45) is 0 Å². The summed E-state index contributed by atoms with van der Waals surface area (Å²) in [5.41, 5.74) is 6.95. The fraction of sp³-hybridized carbons (Fsp3) is 0.172. The zero-order chi connectivity index (χ0) is 25.5. The summed E-state index contributed by atoms with van der Waals surface area (Å²) in [5, 5.41) is 7.99. The predicted molar refractivity (Wildman–Crippen MR) is 136 cm³/mol. The Morgan fingerprint density at radius 1 is 1.03 bits per heavy atom. The molecule has 2 aliphatic heterocycles. The Bertz CT molecular complexity index is 1500. The first-order valence-electron chi connectivity index (χ1n) is 12.0. The van der Waals surface area contributed by atoms with Gasteiger partial charge in [0.05, 0.1) is 5.69 Å². The van der Waals surface area contributed by atoms with Crippen molar-refractivity contribution in [2.45, 2.75) is 19.1 Å². The molecule has 1 amide bonds. The summed E-state index contributed by atoms with van der Waals surface area (Å²) in [5.74, 6) is -0.816. The van der Waals surface area contributed by atoms with Crippen LogP contribution in [0.1, 0.15) is 22.9 Å². The van der Waals surface area contributed by atoms with Crippen LogP contribution in [0, 0.1) is 11.6 Å². The lowest BCUT2D eigenvalue weighted by molar-refractivity contribution is -0.128. The minimum Gasteiger partial charge on any atom is -0.359 e. The summed E-state index contributed by atoms with van der Waals surface area (Å²) >= 11 is 0. The van der Waals surface area contributed by atoms with E-state index >= 15 is 0 Å². The lowest BCUT2D eigenvalue weighted by atomic mass is 10.0. The van der Waals surface area contributed by atoms with E-state index in [-0.39, 0.29) is 24.1 Å². The van der Waals surface area contributed by atoms with E-state index in [1.54, 1.807) is 40.0 Å². The smallest absolute Gasteiger partial charge is 0.250 e. The first-order chi connectivity index (χ1) is 17.9. The first-order valence-corrected chi connectivity index (χ1v) is 12.0. The van der Waals surface area contributed by atoms with E-state index in [0.29, 0.717) is 35.5 Å². The summed E-state index contributed by atoms with van der Waals surface area (Å²) in [6.07, 6.45) is 2.58. The van der Waals surface area contributed by atoms with Crippen LogP contribution < -0.4 is 5.32 Å². The Morgan fingerprint density at radius 3 is 2.51 bits per heavy atom. The van der Waals surface area contributed by atoms with Crippen LogP contribution in [-0.4, -0.2) is 33.7 Å². The van der Waals surface area contributed by atoms with Crippen LogP contribution in [0.15, 0.2) is 85.2 Å². The molecule has 0 spiro atoms. The lowest BCUT2D eigenvalue weighted by Crippen LogP contribution is -2.30. The Hall–Kier alpha value is -4.30. The SMILES string of the molecule is C=C1Cc2cc(CCN3C(=O)CO[C@@H]3c3cn(-c4ccc(F)cc4)nc3-c3ccc(F)cc3)ccc2N1. The Morgan fingerprint density at radius 2 is 1.76 bits per heavy atom. The number of rotatable bonds is 6. The Balaban J connectivity index is 1.32. The van der Waals surface area contributed by atoms with Crippen LogP contribution >= 0.6 is 0 Å². The van der Waals surface area contributed by atoms with Gasteiger partial charge in [-0.05, 0) is 72.1 Å². The number of halogens is 2. The van der Waals surface area contributed by atoms with Gasteiger partial charge in [0.1, 0.15) is 23.9 Å². The Labute approximate surface area is 212 Å². The topological polar surface area (TPSA) is 59.4 Å². The third kappa shape index (κ3) is 4.51. The van der Waals surface area contributed by atoms with Crippen molar-refractivity contribution in [1.29, 1.82) is 0 Å². The number of allylic oxidation sites excluding steroid dienone is 1. The van der Waals surface area contributed by atoms with E-state index < -0.39 is 6.23 Å². The number of aromatic nitrogens is 2. The van der Waals surface area contributed by atoms with Crippen molar-refractivity contribution in [3.05, 3.63) is 114 Å². The van der Waals surface area contributed by atoms with E-state index in [0.717, 1.165) is 23.4 Å². The highest BCUT2D eigenvalue weighted by molar-refractivity contribution is 5.80. The second-order valence-electron chi connectivity index (χ2n) is 9.26. The van der Waals surface area contributed by atoms with Gasteiger partial charge >= 0.3 is 0 Å². The maximum absolute atomic E-state index is 13.6. The molecule has 37 heavy (non-hydrogen) atoms. The summed E-state index contributed by atoms with van der Waals surface area (Å²) in [7, 11) is 0. The molecule has 186 valence electrons. The van der Waals surface area contributed by atoms with Gasteiger partial charge < -0.3 is 15.0 Å². The maximum atomic E-state index is 13.6. The average Bonchev–Trinajstić information content (AvgIpc) is 3.59. The average molecular weight is 499 g/mol. The minimum absolute atomic E-state index is 0.0385. The van der Waals surface area contributed by atoms with Crippen LogP contribution in [0.4, 0.5) is 14.5 Å². The van der Waals surface area contributed by atoms with Gasteiger partial charge in [-0.3, -0.25) is 4.79 Å². The second kappa shape index (κ2) is 9.29. The van der Waals surface area contributed by atoms with Gasteiger partial charge in [0.15, 0.2) is 6.23 Å². The third-order valence-corrected chi connectivity index (χ3v) is 6.71. The molecule has 6 rings (SSSR count). The van der Waals surface area contributed by atoms with Crippen molar-refractivity contribution in [2.75, 3.05) is 18.5 Å². The molecular formula is C29H24F2N4O2. The van der Waals surface area contributed by atoms with Gasteiger partial charge in [-0.1, -0.05) is 18.7 Å². The van der Waals surface area contributed by atoms with Gasteiger partial charge in [-0.2, -0.15) is 5.10 Å². The quantitative estimate of drug-likeness (QED) is 0.387. The summed E-state index contributed by atoms with van der Waals surface area (Å²) in [4.78, 5) is 14.6. The normalized spacial score (nSPS) is 16.8. The van der Waals surface area contributed by atoms with Crippen LogP contribution in [0.3, 0.4) is 0 Å². The molecule has 6 nitrogen and oxygen atoms in total. The van der Waals surface area contributed by atoms with Gasteiger partial charge in [-0.15, -0.1) is 0 Å². The number of ether oxygens (including phenoxy) is 1. The highest BCUT2D eigenvalue weighted by atomic mass is 19.1. The van der Waals surface area contributed by atoms with Crippen molar-refractivity contribution in [1.82, 2.24) is 14.7 Å². The molecule has 1 N–H and O–H groups in total. The summed E-state index contributed by atoms with van der Waals surface area (Å²) in [6.45, 7) is 4.42. The van der Waals surface area contributed by atoms with Gasteiger partial charge in [0.2, 0.25) is 0 Å². The van der Waals surface area contributed by atoms with E-state index in [1.165, 1.54) is 29.8 Å². The minimum atomic E-state index is -0.655. The molecule has 3 heterocycles. The molecule has 0 unspecified atom stereocenters. The summed E-state index contributed by atoms with van der Waals surface area (Å²) in [6, 6.07) is 18.2. The largest absolute Gasteiger partial charge is 0.359 e. The number of fused-ring (bicyclic) bond motifs is 1. The molecule has 3 aromatic carbocycles. The van der Waals surface area contributed by atoms with E-state index in [9.17, 15) is 13.6 Å².